The van der Waals surface area contributed by atoms with Crippen LogP contribution in [0.1, 0.15) is 30.6 Å². The lowest BCUT2D eigenvalue weighted by atomic mass is 10.1. The number of H-pyrrole nitrogens is 1. The molecule has 0 spiro atoms. The molecule has 1 atom stereocenters. The number of aromatic amines is 1. The van der Waals surface area contributed by atoms with Crippen molar-refractivity contribution >= 4 is 28.6 Å². The smallest absolute Gasteiger partial charge is 0.252 e. The van der Waals surface area contributed by atoms with Crippen LogP contribution in [0.5, 0.6) is 0 Å². The molecule has 22 heavy (non-hydrogen) atoms. The fourth-order valence-electron chi connectivity index (χ4n) is 2.74. The Balaban J connectivity index is 1.77. The van der Waals surface area contributed by atoms with E-state index in [0.717, 1.165) is 10.9 Å². The van der Waals surface area contributed by atoms with Gasteiger partial charge in [-0.25, -0.2) is 0 Å². The predicted molar refractivity (Wildman–Crippen MR) is 81.2 cm³/mol. The molecule has 1 aliphatic heterocycles. The second kappa shape index (κ2) is 5.29. The molecular formula is C16H17N3O3. The molecule has 1 saturated heterocycles. The third kappa shape index (κ3) is 2.36. The fourth-order valence-corrected chi connectivity index (χ4v) is 2.74. The van der Waals surface area contributed by atoms with E-state index in [1.807, 2.05) is 12.1 Å². The van der Waals surface area contributed by atoms with Gasteiger partial charge in [0.2, 0.25) is 5.91 Å². The number of imide groups is 1. The second-order valence-corrected chi connectivity index (χ2v) is 5.71. The Morgan fingerprint density at radius 2 is 2.09 bits per heavy atom. The molecule has 3 amide bonds. The van der Waals surface area contributed by atoms with Gasteiger partial charge in [0.25, 0.3) is 11.8 Å². The largest absolute Gasteiger partial charge is 0.361 e. The summed E-state index contributed by atoms with van der Waals surface area (Å²) in [6.45, 7) is 3.56. The summed E-state index contributed by atoms with van der Waals surface area (Å²) in [6.07, 6.45) is 1.82. The zero-order chi connectivity index (χ0) is 15.9. The minimum atomic E-state index is -0.774. The molecule has 1 fully saturated rings. The summed E-state index contributed by atoms with van der Waals surface area (Å²) in [5, 5.41) is 3.58. The zero-order valence-electron chi connectivity index (χ0n) is 12.4. The predicted octanol–water partition coefficient (Wildman–Crippen LogP) is 1.43. The average molecular weight is 299 g/mol. The summed E-state index contributed by atoms with van der Waals surface area (Å²) < 4.78 is 0. The highest BCUT2D eigenvalue weighted by atomic mass is 16.2. The lowest BCUT2D eigenvalue weighted by Crippen LogP contribution is -2.43. The summed E-state index contributed by atoms with van der Waals surface area (Å²) in [5.41, 5.74) is 1.41. The fraction of sp³-hybridized carbons (Fsp3) is 0.312. The lowest BCUT2D eigenvalue weighted by molar-refractivity contribution is -0.140. The number of hydrogen-bond donors (Lipinski definition) is 2. The molecule has 2 N–H and O–H groups in total. The van der Waals surface area contributed by atoms with E-state index in [1.54, 1.807) is 32.2 Å². The molecule has 1 aromatic heterocycles. The van der Waals surface area contributed by atoms with Gasteiger partial charge in [0.1, 0.15) is 6.04 Å². The van der Waals surface area contributed by atoms with Crippen molar-refractivity contribution in [3.8, 4) is 0 Å². The van der Waals surface area contributed by atoms with Crippen LogP contribution in [0.25, 0.3) is 10.9 Å². The number of carbonyl (C=O) groups is 3. The van der Waals surface area contributed by atoms with Gasteiger partial charge in [0.15, 0.2) is 0 Å². The number of amides is 3. The zero-order valence-corrected chi connectivity index (χ0v) is 12.4. The molecule has 6 nitrogen and oxygen atoms in total. The van der Waals surface area contributed by atoms with Crippen molar-refractivity contribution in [3.63, 3.8) is 0 Å². The van der Waals surface area contributed by atoms with Gasteiger partial charge in [0, 0.05) is 28.7 Å². The van der Waals surface area contributed by atoms with Crippen LogP contribution in [0.2, 0.25) is 0 Å². The third-order valence-corrected chi connectivity index (χ3v) is 3.82. The Morgan fingerprint density at radius 3 is 2.77 bits per heavy atom. The highest BCUT2D eigenvalue weighted by Gasteiger charge is 2.40. The molecule has 1 aromatic carbocycles. The average Bonchev–Trinajstić information content (AvgIpc) is 3.02. The summed E-state index contributed by atoms with van der Waals surface area (Å²) in [4.78, 5) is 40.6. The second-order valence-electron chi connectivity index (χ2n) is 5.71. The van der Waals surface area contributed by atoms with Crippen molar-refractivity contribution < 1.29 is 14.4 Å². The highest BCUT2D eigenvalue weighted by Crippen LogP contribution is 2.18. The Kier molecular flexibility index (Phi) is 3.44. The van der Waals surface area contributed by atoms with E-state index in [9.17, 15) is 14.4 Å². The minimum Gasteiger partial charge on any atom is -0.361 e. The van der Waals surface area contributed by atoms with Crippen LogP contribution in [0.4, 0.5) is 0 Å². The van der Waals surface area contributed by atoms with Gasteiger partial charge in [-0.2, -0.15) is 0 Å². The van der Waals surface area contributed by atoms with E-state index >= 15 is 0 Å². The normalized spacial score (nSPS) is 18.5. The van der Waals surface area contributed by atoms with Crippen LogP contribution < -0.4 is 5.32 Å². The van der Waals surface area contributed by atoms with Crippen LogP contribution in [0.15, 0.2) is 30.5 Å². The standard InChI is InChI=1S/C16H17N3O3/c1-9(2)19-14(20)8-13(16(19)22)18-15(21)11-3-4-12-10(7-11)5-6-17-12/h3-7,9,13,17H,8H2,1-2H3,(H,18,21). The Labute approximate surface area is 127 Å². The van der Waals surface area contributed by atoms with Gasteiger partial charge >= 0.3 is 0 Å². The molecule has 0 radical (unpaired) electrons. The molecule has 6 heteroatoms. The molecular weight excluding hydrogens is 282 g/mol. The van der Waals surface area contributed by atoms with Crippen molar-refractivity contribution in [1.29, 1.82) is 0 Å². The van der Waals surface area contributed by atoms with Gasteiger partial charge in [-0.05, 0) is 38.1 Å². The van der Waals surface area contributed by atoms with Gasteiger partial charge < -0.3 is 10.3 Å². The van der Waals surface area contributed by atoms with Crippen molar-refractivity contribution in [1.82, 2.24) is 15.2 Å². The van der Waals surface area contributed by atoms with Gasteiger partial charge in [-0.1, -0.05) is 0 Å². The maximum absolute atomic E-state index is 12.3. The van der Waals surface area contributed by atoms with Crippen molar-refractivity contribution in [2.75, 3.05) is 0 Å². The van der Waals surface area contributed by atoms with E-state index in [-0.39, 0.29) is 30.2 Å². The van der Waals surface area contributed by atoms with E-state index in [2.05, 4.69) is 10.3 Å². The van der Waals surface area contributed by atoms with E-state index in [4.69, 9.17) is 0 Å². The number of rotatable bonds is 3. The topological polar surface area (TPSA) is 82.3 Å². The van der Waals surface area contributed by atoms with Crippen LogP contribution in [-0.4, -0.2) is 39.7 Å². The molecule has 1 aliphatic rings. The van der Waals surface area contributed by atoms with E-state index in [0.29, 0.717) is 5.56 Å². The highest BCUT2D eigenvalue weighted by molar-refractivity contribution is 6.08. The maximum Gasteiger partial charge on any atom is 0.252 e. The van der Waals surface area contributed by atoms with Crippen LogP contribution in [0.3, 0.4) is 0 Å². The van der Waals surface area contributed by atoms with Gasteiger partial charge in [-0.15, -0.1) is 0 Å². The number of nitrogens with one attached hydrogen (secondary N) is 2. The molecule has 0 bridgehead atoms. The van der Waals surface area contributed by atoms with Gasteiger partial charge in [0.05, 0.1) is 6.42 Å². The Bertz CT molecular complexity index is 763. The molecule has 2 heterocycles. The maximum atomic E-state index is 12.3. The van der Waals surface area contributed by atoms with Crippen molar-refractivity contribution in [3.05, 3.63) is 36.0 Å². The third-order valence-electron chi connectivity index (χ3n) is 3.82. The van der Waals surface area contributed by atoms with Crippen LogP contribution >= 0.6 is 0 Å². The minimum absolute atomic E-state index is 0.0230. The lowest BCUT2D eigenvalue weighted by Gasteiger charge is -2.19. The molecule has 0 saturated carbocycles. The molecule has 1 unspecified atom stereocenters. The summed E-state index contributed by atoms with van der Waals surface area (Å²) in [6, 6.07) is 6.16. The van der Waals surface area contributed by atoms with Crippen LogP contribution in [0, 0.1) is 0 Å². The number of nitrogens with zero attached hydrogens (tertiary/aromatic N) is 1. The summed E-state index contributed by atoms with van der Waals surface area (Å²) in [5.74, 6) is -0.928. The monoisotopic (exact) mass is 299 g/mol. The molecule has 0 aliphatic carbocycles. The molecule has 3 rings (SSSR count). The van der Waals surface area contributed by atoms with Crippen molar-refractivity contribution in [2.24, 2.45) is 0 Å². The first kappa shape index (κ1) is 14.3. The van der Waals surface area contributed by atoms with E-state index < -0.39 is 6.04 Å². The SMILES string of the molecule is CC(C)N1C(=O)CC(NC(=O)c2ccc3[nH]ccc3c2)C1=O. The number of fused-ring (bicyclic) bond motifs is 1. The summed E-state index contributed by atoms with van der Waals surface area (Å²) in [7, 11) is 0. The first-order valence-electron chi connectivity index (χ1n) is 7.21. The number of hydrogen-bond acceptors (Lipinski definition) is 3. The van der Waals surface area contributed by atoms with E-state index in [1.165, 1.54) is 4.90 Å². The van der Waals surface area contributed by atoms with Crippen LogP contribution in [-0.2, 0) is 9.59 Å². The van der Waals surface area contributed by atoms with Gasteiger partial charge in [-0.3, -0.25) is 19.3 Å². The first-order chi connectivity index (χ1) is 10.5. The summed E-state index contributed by atoms with van der Waals surface area (Å²) >= 11 is 0. The number of benzene rings is 1. The Hall–Kier alpha value is -2.63. The molecule has 2 aromatic rings. The van der Waals surface area contributed by atoms with Crippen molar-refractivity contribution in [2.45, 2.75) is 32.4 Å². The first-order valence-corrected chi connectivity index (χ1v) is 7.21. The quantitative estimate of drug-likeness (QED) is 0.841. The number of aromatic nitrogens is 1. The number of carbonyl (C=O) groups excluding carboxylic acids is 3. The number of likely N-dealkylation sites (tertiary alicyclic amines) is 1. The Morgan fingerprint density at radius 1 is 1.32 bits per heavy atom. The molecule has 114 valence electrons.